The molecule has 0 saturated carbocycles. The topological polar surface area (TPSA) is 60.4 Å². The lowest BCUT2D eigenvalue weighted by molar-refractivity contribution is 0.976. The highest BCUT2D eigenvalue weighted by Gasteiger charge is 1.99. The molecule has 2 rings (SSSR count). The van der Waals surface area contributed by atoms with E-state index < -0.39 is 0 Å². The number of hydrazone groups is 1. The zero-order valence-corrected chi connectivity index (χ0v) is 9.50. The maximum atomic E-state index is 11.7. The van der Waals surface area contributed by atoms with Crippen molar-refractivity contribution >= 4 is 6.21 Å². The molecule has 1 heterocycles. The number of hydrogen-bond acceptors (Lipinski definition) is 3. The van der Waals surface area contributed by atoms with Gasteiger partial charge in [-0.05, 0) is 30.2 Å². The van der Waals surface area contributed by atoms with Gasteiger partial charge in [0.2, 0.25) is 0 Å². The number of aromatic nitrogens is 1. The Kier molecular flexibility index (Phi) is 3.05. The Bertz CT molecular complexity index is 597. The smallest absolute Gasteiger partial charge is 0.255 e. The van der Waals surface area contributed by atoms with Crippen LogP contribution in [-0.2, 0) is 0 Å². The maximum absolute atomic E-state index is 11.7. The Hall–Kier alpha value is -2.36. The minimum atomic E-state index is -0.0455. The summed E-state index contributed by atoms with van der Waals surface area (Å²) in [5, 5.41) is 3.45. The quantitative estimate of drug-likeness (QED) is 0.479. The summed E-state index contributed by atoms with van der Waals surface area (Å²) in [7, 11) is 0. The van der Waals surface area contributed by atoms with Gasteiger partial charge < -0.3 is 5.84 Å². The van der Waals surface area contributed by atoms with Gasteiger partial charge in [-0.25, -0.2) is 0 Å². The van der Waals surface area contributed by atoms with E-state index in [9.17, 15) is 4.79 Å². The molecule has 2 aromatic rings. The van der Waals surface area contributed by atoms with Crippen LogP contribution in [0.2, 0.25) is 0 Å². The summed E-state index contributed by atoms with van der Waals surface area (Å²) in [6, 6.07) is 10.8. The van der Waals surface area contributed by atoms with Crippen molar-refractivity contribution in [2.75, 3.05) is 0 Å². The first kappa shape index (κ1) is 11.1. The van der Waals surface area contributed by atoms with E-state index in [1.165, 1.54) is 0 Å². The molecule has 0 aliphatic carbocycles. The molecule has 0 radical (unpaired) electrons. The third-order valence-electron chi connectivity index (χ3n) is 2.45. The summed E-state index contributed by atoms with van der Waals surface area (Å²) in [4.78, 5) is 11.7. The van der Waals surface area contributed by atoms with Gasteiger partial charge in [-0.2, -0.15) is 5.10 Å². The number of aryl methyl sites for hydroxylation is 1. The fourth-order valence-corrected chi connectivity index (χ4v) is 1.60. The third kappa shape index (κ3) is 2.42. The Labute approximate surface area is 99.0 Å². The normalized spacial score (nSPS) is 10.9. The summed E-state index contributed by atoms with van der Waals surface area (Å²) in [6.07, 6.45) is 3.37. The maximum Gasteiger partial charge on any atom is 0.255 e. The van der Waals surface area contributed by atoms with Gasteiger partial charge in [0.15, 0.2) is 0 Å². The highest BCUT2D eigenvalue weighted by molar-refractivity contribution is 5.79. The Balaban J connectivity index is 2.46. The van der Waals surface area contributed by atoms with Crippen molar-refractivity contribution in [1.82, 2.24) is 4.57 Å². The van der Waals surface area contributed by atoms with Crippen LogP contribution in [0.3, 0.4) is 0 Å². The van der Waals surface area contributed by atoms with Crippen LogP contribution in [0.15, 0.2) is 52.5 Å². The first-order chi connectivity index (χ1) is 8.20. The van der Waals surface area contributed by atoms with Crippen molar-refractivity contribution in [3.8, 4) is 5.69 Å². The van der Waals surface area contributed by atoms with Crippen molar-refractivity contribution in [1.29, 1.82) is 0 Å². The predicted octanol–water partition coefficient (Wildman–Crippen LogP) is 1.44. The third-order valence-corrected chi connectivity index (χ3v) is 2.45. The number of benzene rings is 1. The molecule has 17 heavy (non-hydrogen) atoms. The lowest BCUT2D eigenvalue weighted by Crippen LogP contribution is -2.16. The number of nitrogens with zero attached hydrogens (tertiary/aromatic N) is 2. The standard InChI is InChI=1S/C13H13N3O/c1-10-2-7-13(17)16(9-10)12-5-3-11(4-6-12)8-15-14/h2-9H,14H2,1H3. The van der Waals surface area contributed by atoms with E-state index in [2.05, 4.69) is 5.10 Å². The summed E-state index contributed by atoms with van der Waals surface area (Å²) >= 11 is 0. The molecule has 0 atom stereocenters. The molecule has 0 fully saturated rings. The van der Waals surface area contributed by atoms with Crippen LogP contribution in [0.5, 0.6) is 0 Å². The minimum Gasteiger partial charge on any atom is -0.323 e. The molecule has 4 nitrogen and oxygen atoms in total. The summed E-state index contributed by atoms with van der Waals surface area (Å²) < 4.78 is 1.61. The number of nitrogens with two attached hydrogens (primary N) is 1. The molecule has 2 N–H and O–H groups in total. The van der Waals surface area contributed by atoms with Crippen LogP contribution >= 0.6 is 0 Å². The molecule has 0 aliphatic heterocycles. The fraction of sp³-hybridized carbons (Fsp3) is 0.0769. The lowest BCUT2D eigenvalue weighted by Gasteiger charge is -2.06. The van der Waals surface area contributed by atoms with E-state index in [4.69, 9.17) is 5.84 Å². The van der Waals surface area contributed by atoms with Crippen LogP contribution in [-0.4, -0.2) is 10.8 Å². The molecule has 0 unspecified atom stereocenters. The first-order valence-corrected chi connectivity index (χ1v) is 5.24. The molecular formula is C13H13N3O. The van der Waals surface area contributed by atoms with E-state index in [-0.39, 0.29) is 5.56 Å². The largest absolute Gasteiger partial charge is 0.323 e. The molecule has 1 aromatic heterocycles. The van der Waals surface area contributed by atoms with Gasteiger partial charge in [-0.15, -0.1) is 0 Å². The van der Waals surface area contributed by atoms with Crippen LogP contribution in [0.25, 0.3) is 5.69 Å². The van der Waals surface area contributed by atoms with E-state index in [1.807, 2.05) is 37.4 Å². The molecular weight excluding hydrogens is 214 g/mol. The summed E-state index contributed by atoms with van der Waals surface area (Å²) in [6.45, 7) is 1.95. The molecule has 1 aromatic carbocycles. The second kappa shape index (κ2) is 4.65. The van der Waals surface area contributed by atoms with Crippen molar-refractivity contribution in [3.63, 3.8) is 0 Å². The molecule has 0 saturated heterocycles. The van der Waals surface area contributed by atoms with Gasteiger partial charge in [0.1, 0.15) is 0 Å². The second-order valence-electron chi connectivity index (χ2n) is 3.78. The van der Waals surface area contributed by atoms with E-state index in [0.29, 0.717) is 0 Å². The summed E-state index contributed by atoms with van der Waals surface area (Å²) in [5.41, 5.74) is 2.72. The number of hydrogen-bond donors (Lipinski definition) is 1. The lowest BCUT2D eigenvalue weighted by atomic mass is 10.2. The van der Waals surface area contributed by atoms with Crippen LogP contribution in [0.1, 0.15) is 11.1 Å². The predicted molar refractivity (Wildman–Crippen MR) is 68.6 cm³/mol. The van der Waals surface area contributed by atoms with Crippen LogP contribution in [0, 0.1) is 6.92 Å². The first-order valence-electron chi connectivity index (χ1n) is 5.24. The van der Waals surface area contributed by atoms with Gasteiger partial charge >= 0.3 is 0 Å². The van der Waals surface area contributed by atoms with E-state index >= 15 is 0 Å². The van der Waals surface area contributed by atoms with Crippen LogP contribution in [0.4, 0.5) is 0 Å². The number of pyridine rings is 1. The zero-order chi connectivity index (χ0) is 12.3. The van der Waals surface area contributed by atoms with Gasteiger partial charge in [0.05, 0.1) is 6.21 Å². The molecule has 0 aliphatic rings. The van der Waals surface area contributed by atoms with Crippen molar-refractivity contribution in [2.24, 2.45) is 10.9 Å². The SMILES string of the molecule is Cc1ccc(=O)n(-c2ccc(C=NN)cc2)c1. The fourth-order valence-electron chi connectivity index (χ4n) is 1.60. The molecule has 0 amide bonds. The van der Waals surface area contributed by atoms with Crippen LogP contribution < -0.4 is 11.4 Å². The van der Waals surface area contributed by atoms with Crippen molar-refractivity contribution in [3.05, 3.63) is 64.1 Å². The minimum absolute atomic E-state index is 0.0455. The summed E-state index contributed by atoms with van der Waals surface area (Å²) in [5.74, 6) is 5.07. The Morgan fingerprint density at radius 2 is 1.88 bits per heavy atom. The second-order valence-corrected chi connectivity index (χ2v) is 3.78. The molecule has 86 valence electrons. The molecule has 4 heteroatoms. The Morgan fingerprint density at radius 1 is 1.18 bits per heavy atom. The Morgan fingerprint density at radius 3 is 2.53 bits per heavy atom. The average Bonchev–Trinajstić information content (AvgIpc) is 2.34. The van der Waals surface area contributed by atoms with Gasteiger partial charge in [-0.1, -0.05) is 18.2 Å². The van der Waals surface area contributed by atoms with E-state index in [0.717, 1.165) is 16.8 Å². The van der Waals surface area contributed by atoms with Crippen molar-refractivity contribution in [2.45, 2.75) is 6.92 Å². The number of rotatable bonds is 2. The zero-order valence-electron chi connectivity index (χ0n) is 9.50. The van der Waals surface area contributed by atoms with Gasteiger partial charge in [0.25, 0.3) is 5.56 Å². The van der Waals surface area contributed by atoms with Crippen molar-refractivity contribution < 1.29 is 0 Å². The average molecular weight is 227 g/mol. The highest BCUT2D eigenvalue weighted by Crippen LogP contribution is 2.07. The van der Waals surface area contributed by atoms with E-state index in [1.54, 1.807) is 22.9 Å². The van der Waals surface area contributed by atoms with Gasteiger partial charge in [0, 0.05) is 18.0 Å². The molecule has 0 bridgehead atoms. The monoisotopic (exact) mass is 227 g/mol. The molecule has 0 spiro atoms. The highest BCUT2D eigenvalue weighted by atomic mass is 16.1. The van der Waals surface area contributed by atoms with Gasteiger partial charge in [-0.3, -0.25) is 9.36 Å².